The van der Waals surface area contributed by atoms with Crippen molar-refractivity contribution in [3.8, 4) is 0 Å². The first-order valence-electron chi connectivity index (χ1n) is 7.81. The van der Waals surface area contributed by atoms with Crippen LogP contribution in [0.4, 0.5) is 10.3 Å². The minimum Gasteiger partial charge on any atom is -0.382 e. The molecule has 0 bridgehead atoms. The fourth-order valence-electron chi connectivity index (χ4n) is 2.21. The Balaban J connectivity index is 1.77. The molecule has 0 aromatic carbocycles. The summed E-state index contributed by atoms with van der Waals surface area (Å²) in [5, 5.41) is 12.2. The molecule has 0 unspecified atom stereocenters. The van der Waals surface area contributed by atoms with Crippen LogP contribution >= 0.6 is 11.3 Å². The van der Waals surface area contributed by atoms with Crippen LogP contribution in [-0.2, 0) is 14.3 Å². The monoisotopic (exact) mass is 341 g/mol. The van der Waals surface area contributed by atoms with E-state index in [1.165, 1.54) is 11.3 Å². The Morgan fingerprint density at radius 2 is 2.30 bits per heavy atom. The van der Waals surface area contributed by atoms with Gasteiger partial charge in [0.1, 0.15) is 0 Å². The number of likely N-dealkylation sites (N-methyl/N-ethyl adjacent to an activating group) is 1. The summed E-state index contributed by atoms with van der Waals surface area (Å²) in [4.78, 5) is 27.0. The van der Waals surface area contributed by atoms with Gasteiger partial charge in [0.25, 0.3) is 0 Å². The standard InChI is InChI=1S/C14H23N5O3S/c1-3-22-9-5-7-15-11(20)10-18(2)13-16-17-14(23-13)19-8-4-6-12(19)21/h3-10H2,1-2H3,(H,15,20). The summed E-state index contributed by atoms with van der Waals surface area (Å²) in [7, 11) is 1.79. The molecule has 0 saturated carbocycles. The highest BCUT2D eigenvalue weighted by Gasteiger charge is 2.25. The van der Waals surface area contributed by atoms with Crippen LogP contribution in [0.1, 0.15) is 26.2 Å². The van der Waals surface area contributed by atoms with E-state index in [9.17, 15) is 9.59 Å². The predicted molar refractivity (Wildman–Crippen MR) is 88.9 cm³/mol. The number of anilines is 2. The second kappa shape index (κ2) is 8.78. The van der Waals surface area contributed by atoms with Gasteiger partial charge in [-0.3, -0.25) is 14.5 Å². The van der Waals surface area contributed by atoms with Gasteiger partial charge in [0, 0.05) is 39.8 Å². The molecule has 1 fully saturated rings. The van der Waals surface area contributed by atoms with E-state index in [4.69, 9.17) is 4.74 Å². The van der Waals surface area contributed by atoms with Crippen LogP contribution in [0, 0.1) is 0 Å². The number of carbonyl (C=O) groups is 2. The zero-order chi connectivity index (χ0) is 16.7. The van der Waals surface area contributed by atoms with E-state index in [0.29, 0.717) is 43.0 Å². The van der Waals surface area contributed by atoms with E-state index in [1.54, 1.807) is 16.8 Å². The molecule has 0 aliphatic carbocycles. The lowest BCUT2D eigenvalue weighted by Gasteiger charge is -2.15. The maximum Gasteiger partial charge on any atom is 0.239 e. The first-order valence-corrected chi connectivity index (χ1v) is 8.63. The van der Waals surface area contributed by atoms with Crippen molar-refractivity contribution in [3.05, 3.63) is 0 Å². The summed E-state index contributed by atoms with van der Waals surface area (Å²) in [6.45, 7) is 4.77. The van der Waals surface area contributed by atoms with Crippen molar-refractivity contribution in [2.24, 2.45) is 0 Å². The average Bonchev–Trinajstić information content (AvgIpc) is 3.15. The SMILES string of the molecule is CCOCCCNC(=O)CN(C)c1nnc(N2CCCC2=O)s1. The lowest BCUT2D eigenvalue weighted by molar-refractivity contribution is -0.120. The molecule has 2 heterocycles. The number of aromatic nitrogens is 2. The van der Waals surface area contributed by atoms with Gasteiger partial charge in [0.05, 0.1) is 6.54 Å². The second-order valence-corrected chi connectivity index (χ2v) is 6.21. The zero-order valence-electron chi connectivity index (χ0n) is 13.6. The van der Waals surface area contributed by atoms with Gasteiger partial charge >= 0.3 is 0 Å². The Morgan fingerprint density at radius 3 is 3.00 bits per heavy atom. The van der Waals surface area contributed by atoms with Gasteiger partial charge in [0.2, 0.25) is 22.1 Å². The summed E-state index contributed by atoms with van der Waals surface area (Å²) < 4.78 is 5.22. The molecule has 1 N–H and O–H groups in total. The molecular formula is C14H23N5O3S. The summed E-state index contributed by atoms with van der Waals surface area (Å²) >= 11 is 1.33. The van der Waals surface area contributed by atoms with Gasteiger partial charge in [-0.05, 0) is 19.8 Å². The predicted octanol–water partition coefficient (Wildman–Crippen LogP) is 0.644. The number of carbonyl (C=O) groups excluding carboxylic acids is 2. The van der Waals surface area contributed by atoms with Crippen LogP contribution in [0.25, 0.3) is 0 Å². The highest BCUT2D eigenvalue weighted by atomic mass is 32.1. The minimum atomic E-state index is -0.0713. The number of nitrogens with one attached hydrogen (secondary N) is 1. The third kappa shape index (κ3) is 5.14. The second-order valence-electron chi connectivity index (χ2n) is 5.27. The zero-order valence-corrected chi connectivity index (χ0v) is 14.4. The smallest absolute Gasteiger partial charge is 0.239 e. The molecule has 1 aromatic heterocycles. The maximum atomic E-state index is 11.9. The highest BCUT2D eigenvalue weighted by Crippen LogP contribution is 2.29. The van der Waals surface area contributed by atoms with E-state index in [-0.39, 0.29) is 18.4 Å². The van der Waals surface area contributed by atoms with Crippen LogP contribution in [0.3, 0.4) is 0 Å². The summed E-state index contributed by atoms with van der Waals surface area (Å²) in [5.74, 6) is 0.0143. The molecule has 2 rings (SSSR count). The Bertz CT molecular complexity index is 536. The van der Waals surface area contributed by atoms with E-state index < -0.39 is 0 Å². The third-order valence-electron chi connectivity index (χ3n) is 3.41. The van der Waals surface area contributed by atoms with Gasteiger partial charge in [-0.15, -0.1) is 10.2 Å². The quantitative estimate of drug-likeness (QED) is 0.663. The van der Waals surface area contributed by atoms with Crippen molar-refractivity contribution in [1.29, 1.82) is 0 Å². The molecule has 2 amide bonds. The number of rotatable bonds is 9. The molecule has 9 heteroatoms. The Morgan fingerprint density at radius 1 is 1.48 bits per heavy atom. The largest absolute Gasteiger partial charge is 0.382 e. The molecule has 1 aliphatic rings. The van der Waals surface area contributed by atoms with Crippen LogP contribution in [0.15, 0.2) is 0 Å². The normalized spacial score (nSPS) is 14.3. The van der Waals surface area contributed by atoms with Crippen molar-refractivity contribution in [1.82, 2.24) is 15.5 Å². The first kappa shape index (κ1) is 17.6. The summed E-state index contributed by atoms with van der Waals surface area (Å²) in [6.07, 6.45) is 2.21. The van der Waals surface area contributed by atoms with Gasteiger partial charge in [-0.25, -0.2) is 0 Å². The minimum absolute atomic E-state index is 0.0713. The third-order valence-corrected chi connectivity index (χ3v) is 4.47. The van der Waals surface area contributed by atoms with Crippen LogP contribution in [0.5, 0.6) is 0 Å². The molecule has 0 radical (unpaired) electrons. The van der Waals surface area contributed by atoms with Crippen molar-refractivity contribution in [2.45, 2.75) is 26.2 Å². The fraction of sp³-hybridized carbons (Fsp3) is 0.714. The van der Waals surface area contributed by atoms with E-state index in [0.717, 1.165) is 12.8 Å². The van der Waals surface area contributed by atoms with E-state index in [1.807, 2.05) is 6.92 Å². The maximum absolute atomic E-state index is 11.9. The molecule has 128 valence electrons. The summed E-state index contributed by atoms with van der Waals surface area (Å²) in [5.41, 5.74) is 0. The lowest BCUT2D eigenvalue weighted by Crippen LogP contribution is -2.35. The number of nitrogens with zero attached hydrogens (tertiary/aromatic N) is 4. The van der Waals surface area contributed by atoms with Gasteiger partial charge in [-0.1, -0.05) is 11.3 Å². The van der Waals surface area contributed by atoms with Crippen molar-refractivity contribution in [2.75, 3.05) is 49.7 Å². The van der Waals surface area contributed by atoms with Crippen molar-refractivity contribution in [3.63, 3.8) is 0 Å². The Hall–Kier alpha value is -1.74. The van der Waals surface area contributed by atoms with Crippen LogP contribution in [0.2, 0.25) is 0 Å². The molecule has 0 spiro atoms. The lowest BCUT2D eigenvalue weighted by atomic mass is 10.4. The Labute approximate surface area is 139 Å². The van der Waals surface area contributed by atoms with Gasteiger partial charge < -0.3 is 15.0 Å². The molecule has 8 nitrogen and oxygen atoms in total. The van der Waals surface area contributed by atoms with Crippen molar-refractivity contribution >= 4 is 33.4 Å². The fourth-order valence-corrected chi connectivity index (χ4v) is 3.06. The number of hydrogen-bond acceptors (Lipinski definition) is 7. The molecule has 23 heavy (non-hydrogen) atoms. The van der Waals surface area contributed by atoms with Crippen LogP contribution in [-0.4, -0.2) is 61.9 Å². The van der Waals surface area contributed by atoms with Gasteiger partial charge in [0.15, 0.2) is 0 Å². The molecular weight excluding hydrogens is 318 g/mol. The van der Waals surface area contributed by atoms with Crippen LogP contribution < -0.4 is 15.1 Å². The first-order chi connectivity index (χ1) is 11.1. The average molecular weight is 341 g/mol. The number of amides is 2. The number of ether oxygens (including phenoxy) is 1. The van der Waals surface area contributed by atoms with E-state index in [2.05, 4.69) is 15.5 Å². The number of hydrogen-bond donors (Lipinski definition) is 1. The molecule has 0 atom stereocenters. The topological polar surface area (TPSA) is 87.7 Å². The van der Waals surface area contributed by atoms with Crippen molar-refractivity contribution < 1.29 is 14.3 Å². The summed E-state index contributed by atoms with van der Waals surface area (Å²) in [6, 6.07) is 0. The highest BCUT2D eigenvalue weighted by molar-refractivity contribution is 7.19. The molecule has 1 saturated heterocycles. The Kier molecular flexibility index (Phi) is 6.72. The van der Waals surface area contributed by atoms with E-state index >= 15 is 0 Å². The van der Waals surface area contributed by atoms with Gasteiger partial charge in [-0.2, -0.15) is 0 Å². The molecule has 1 aromatic rings. The molecule has 1 aliphatic heterocycles.